The number of likely N-dealkylation sites (tertiary alicyclic amines) is 1. The van der Waals surface area contributed by atoms with Crippen LogP contribution in [0.25, 0.3) is 0 Å². The normalized spacial score (nSPS) is 39.5. The van der Waals surface area contributed by atoms with Crippen LogP contribution in [0.3, 0.4) is 0 Å². The predicted octanol–water partition coefficient (Wildman–Crippen LogP) is 3.05. The highest BCUT2D eigenvalue weighted by molar-refractivity contribution is 4.99. The third kappa shape index (κ3) is 2.40. The third-order valence-corrected chi connectivity index (χ3v) is 4.42. The first-order chi connectivity index (χ1) is 7.52. The SMILES string of the molecule is CC1CCC(C#N)C(N2CCC(C)(C)C2)C1. The summed E-state index contributed by atoms with van der Waals surface area (Å²) in [6.07, 6.45) is 4.87. The van der Waals surface area contributed by atoms with E-state index in [1.165, 1.54) is 32.4 Å². The lowest BCUT2D eigenvalue weighted by Gasteiger charge is -2.38. The van der Waals surface area contributed by atoms with Crippen LogP contribution in [0.2, 0.25) is 0 Å². The van der Waals surface area contributed by atoms with Gasteiger partial charge in [-0.2, -0.15) is 5.26 Å². The van der Waals surface area contributed by atoms with Crippen LogP contribution < -0.4 is 0 Å². The average molecular weight is 220 g/mol. The molecule has 1 heterocycles. The van der Waals surface area contributed by atoms with Crippen molar-refractivity contribution in [2.24, 2.45) is 17.3 Å². The molecule has 2 heteroatoms. The zero-order chi connectivity index (χ0) is 11.8. The van der Waals surface area contributed by atoms with Gasteiger partial charge in [0.2, 0.25) is 0 Å². The van der Waals surface area contributed by atoms with Crippen LogP contribution in [-0.4, -0.2) is 24.0 Å². The van der Waals surface area contributed by atoms with Crippen molar-refractivity contribution in [3.8, 4) is 6.07 Å². The van der Waals surface area contributed by atoms with Crippen molar-refractivity contribution in [2.75, 3.05) is 13.1 Å². The van der Waals surface area contributed by atoms with Crippen molar-refractivity contribution in [3.05, 3.63) is 0 Å². The van der Waals surface area contributed by atoms with Crippen molar-refractivity contribution >= 4 is 0 Å². The van der Waals surface area contributed by atoms with E-state index in [0.29, 0.717) is 11.5 Å². The molecule has 0 aromatic rings. The summed E-state index contributed by atoms with van der Waals surface area (Å²) in [6.45, 7) is 9.41. The van der Waals surface area contributed by atoms with E-state index in [0.717, 1.165) is 12.3 Å². The molecule has 0 aromatic carbocycles. The van der Waals surface area contributed by atoms with Gasteiger partial charge in [-0.25, -0.2) is 0 Å². The van der Waals surface area contributed by atoms with Crippen molar-refractivity contribution in [1.82, 2.24) is 4.90 Å². The van der Waals surface area contributed by atoms with Gasteiger partial charge >= 0.3 is 0 Å². The highest BCUT2D eigenvalue weighted by Crippen LogP contribution is 2.37. The number of hydrogen-bond acceptors (Lipinski definition) is 2. The Balaban J connectivity index is 2.04. The molecule has 0 bridgehead atoms. The van der Waals surface area contributed by atoms with Crippen LogP contribution >= 0.6 is 0 Å². The van der Waals surface area contributed by atoms with Crippen LogP contribution in [0.4, 0.5) is 0 Å². The first-order valence-electron chi connectivity index (χ1n) is 6.65. The Labute approximate surface area is 99.6 Å². The Hall–Kier alpha value is -0.550. The summed E-state index contributed by atoms with van der Waals surface area (Å²) in [4.78, 5) is 2.59. The minimum atomic E-state index is 0.282. The molecular weight excluding hydrogens is 196 g/mol. The maximum Gasteiger partial charge on any atom is 0.0672 e. The molecule has 2 nitrogen and oxygen atoms in total. The van der Waals surface area contributed by atoms with E-state index in [1.54, 1.807) is 0 Å². The van der Waals surface area contributed by atoms with E-state index in [2.05, 4.69) is 31.7 Å². The molecule has 0 aromatic heterocycles. The fourth-order valence-corrected chi connectivity index (χ4v) is 3.34. The van der Waals surface area contributed by atoms with Crippen LogP contribution in [0.5, 0.6) is 0 Å². The summed E-state index contributed by atoms with van der Waals surface area (Å²) < 4.78 is 0. The molecule has 16 heavy (non-hydrogen) atoms. The molecule has 90 valence electrons. The summed E-state index contributed by atoms with van der Waals surface area (Å²) in [5, 5.41) is 9.26. The first-order valence-corrected chi connectivity index (χ1v) is 6.65. The maximum atomic E-state index is 9.26. The van der Waals surface area contributed by atoms with Gasteiger partial charge in [-0.3, -0.25) is 4.90 Å². The lowest BCUT2D eigenvalue weighted by Crippen LogP contribution is -2.43. The molecule has 0 spiro atoms. The van der Waals surface area contributed by atoms with E-state index in [-0.39, 0.29) is 5.92 Å². The van der Waals surface area contributed by atoms with Gasteiger partial charge in [-0.15, -0.1) is 0 Å². The van der Waals surface area contributed by atoms with E-state index in [4.69, 9.17) is 0 Å². The Morgan fingerprint density at radius 1 is 1.31 bits per heavy atom. The van der Waals surface area contributed by atoms with Crippen molar-refractivity contribution in [2.45, 2.75) is 52.5 Å². The summed E-state index contributed by atoms with van der Waals surface area (Å²) in [5.41, 5.74) is 0.459. The molecule has 1 saturated carbocycles. The standard InChI is InChI=1S/C14H24N2/c1-11-4-5-12(9-15)13(8-11)16-7-6-14(2,3)10-16/h11-13H,4-8,10H2,1-3H3. The largest absolute Gasteiger partial charge is 0.299 e. The van der Waals surface area contributed by atoms with Crippen molar-refractivity contribution in [3.63, 3.8) is 0 Å². The maximum absolute atomic E-state index is 9.26. The number of hydrogen-bond donors (Lipinski definition) is 0. The Morgan fingerprint density at radius 2 is 2.06 bits per heavy atom. The number of nitriles is 1. The number of nitrogens with zero attached hydrogens (tertiary/aromatic N) is 2. The third-order valence-electron chi connectivity index (χ3n) is 4.42. The second kappa shape index (κ2) is 4.37. The van der Waals surface area contributed by atoms with Gasteiger partial charge in [0.05, 0.1) is 12.0 Å². The lowest BCUT2D eigenvalue weighted by molar-refractivity contribution is 0.119. The molecule has 0 N–H and O–H groups in total. The van der Waals surface area contributed by atoms with Gasteiger partial charge in [-0.05, 0) is 43.6 Å². The monoisotopic (exact) mass is 220 g/mol. The van der Waals surface area contributed by atoms with E-state index in [9.17, 15) is 5.26 Å². The molecule has 2 fully saturated rings. The highest BCUT2D eigenvalue weighted by atomic mass is 15.2. The second-order valence-corrected chi connectivity index (χ2v) is 6.61. The van der Waals surface area contributed by atoms with Gasteiger partial charge < -0.3 is 0 Å². The lowest BCUT2D eigenvalue weighted by atomic mass is 9.79. The summed E-state index contributed by atoms with van der Waals surface area (Å²) in [7, 11) is 0. The first kappa shape index (κ1) is 11.9. The molecule has 2 aliphatic rings. The molecule has 2 rings (SSSR count). The Kier molecular flexibility index (Phi) is 3.26. The van der Waals surface area contributed by atoms with E-state index >= 15 is 0 Å². The van der Waals surface area contributed by atoms with Crippen LogP contribution in [0.15, 0.2) is 0 Å². The quantitative estimate of drug-likeness (QED) is 0.679. The molecule has 1 saturated heterocycles. The van der Waals surface area contributed by atoms with Gasteiger partial charge in [0.15, 0.2) is 0 Å². The topological polar surface area (TPSA) is 27.0 Å². The molecule has 0 amide bonds. The fourth-order valence-electron chi connectivity index (χ4n) is 3.34. The van der Waals surface area contributed by atoms with Gasteiger partial charge in [0.1, 0.15) is 0 Å². The predicted molar refractivity (Wildman–Crippen MR) is 65.9 cm³/mol. The minimum absolute atomic E-state index is 0.282. The molecule has 1 aliphatic heterocycles. The summed E-state index contributed by atoms with van der Waals surface area (Å²) >= 11 is 0. The van der Waals surface area contributed by atoms with Crippen LogP contribution in [-0.2, 0) is 0 Å². The highest BCUT2D eigenvalue weighted by Gasteiger charge is 2.38. The molecular formula is C14H24N2. The average Bonchev–Trinajstić information content (AvgIpc) is 2.59. The van der Waals surface area contributed by atoms with E-state index < -0.39 is 0 Å². The van der Waals surface area contributed by atoms with Crippen LogP contribution in [0.1, 0.15) is 46.5 Å². The molecule has 1 aliphatic carbocycles. The van der Waals surface area contributed by atoms with Gasteiger partial charge in [0, 0.05) is 12.6 Å². The fraction of sp³-hybridized carbons (Fsp3) is 0.929. The second-order valence-electron chi connectivity index (χ2n) is 6.61. The van der Waals surface area contributed by atoms with Crippen LogP contribution in [0, 0.1) is 28.6 Å². The number of rotatable bonds is 1. The van der Waals surface area contributed by atoms with E-state index in [1.807, 2.05) is 0 Å². The minimum Gasteiger partial charge on any atom is -0.299 e. The molecule has 3 unspecified atom stereocenters. The Bertz CT molecular complexity index is 290. The zero-order valence-corrected chi connectivity index (χ0v) is 10.9. The van der Waals surface area contributed by atoms with Crippen molar-refractivity contribution in [1.29, 1.82) is 5.26 Å². The Morgan fingerprint density at radius 3 is 2.62 bits per heavy atom. The molecule has 0 radical (unpaired) electrons. The van der Waals surface area contributed by atoms with Crippen molar-refractivity contribution < 1.29 is 0 Å². The van der Waals surface area contributed by atoms with Gasteiger partial charge in [-0.1, -0.05) is 20.8 Å². The smallest absolute Gasteiger partial charge is 0.0672 e. The summed E-state index contributed by atoms with van der Waals surface area (Å²) in [5.74, 6) is 1.09. The zero-order valence-electron chi connectivity index (χ0n) is 10.9. The van der Waals surface area contributed by atoms with Gasteiger partial charge in [0.25, 0.3) is 0 Å². The molecule has 3 atom stereocenters. The summed E-state index contributed by atoms with van der Waals surface area (Å²) in [6, 6.07) is 3.07.